The molecular formula is C12H11FN2O2. The minimum Gasteiger partial charge on any atom is -0.461 e. The van der Waals surface area contributed by atoms with Crippen molar-refractivity contribution in [2.45, 2.75) is 13.8 Å². The van der Waals surface area contributed by atoms with E-state index in [1.807, 2.05) is 0 Å². The molecule has 17 heavy (non-hydrogen) atoms. The van der Waals surface area contributed by atoms with E-state index in [0.717, 1.165) is 0 Å². The molecule has 0 saturated heterocycles. The quantitative estimate of drug-likeness (QED) is 0.748. The molecule has 2 rings (SSSR count). The number of aryl methyl sites for hydroxylation is 1. The Labute approximate surface area is 97.5 Å². The second kappa shape index (κ2) is 4.45. The zero-order valence-corrected chi connectivity index (χ0v) is 9.53. The fourth-order valence-electron chi connectivity index (χ4n) is 1.52. The summed E-state index contributed by atoms with van der Waals surface area (Å²) in [5.41, 5.74) is 1.00. The Morgan fingerprint density at radius 2 is 2.18 bits per heavy atom. The summed E-state index contributed by atoms with van der Waals surface area (Å²) in [4.78, 5) is 19.7. The van der Waals surface area contributed by atoms with Crippen LogP contribution in [0.25, 0.3) is 11.0 Å². The maximum atomic E-state index is 13.4. The highest BCUT2D eigenvalue weighted by atomic mass is 19.1. The van der Waals surface area contributed by atoms with Crippen LogP contribution in [0, 0.1) is 12.7 Å². The van der Waals surface area contributed by atoms with E-state index in [1.54, 1.807) is 19.9 Å². The van der Waals surface area contributed by atoms with Gasteiger partial charge in [0, 0.05) is 0 Å². The minimum absolute atomic E-state index is 0.130. The number of aromatic nitrogens is 2. The number of benzene rings is 1. The van der Waals surface area contributed by atoms with Crippen molar-refractivity contribution in [2.75, 3.05) is 6.61 Å². The first-order valence-corrected chi connectivity index (χ1v) is 5.23. The van der Waals surface area contributed by atoms with Crippen LogP contribution in [-0.4, -0.2) is 22.5 Å². The minimum atomic E-state index is -0.538. The number of halogens is 1. The Bertz CT molecular complexity index is 584. The first-order valence-electron chi connectivity index (χ1n) is 5.23. The van der Waals surface area contributed by atoms with Gasteiger partial charge in [-0.2, -0.15) is 0 Å². The fraction of sp³-hybridized carbons (Fsp3) is 0.250. The van der Waals surface area contributed by atoms with Gasteiger partial charge in [0.05, 0.1) is 17.8 Å². The van der Waals surface area contributed by atoms with Crippen molar-refractivity contribution in [3.05, 3.63) is 35.4 Å². The Hall–Kier alpha value is -2.04. The number of esters is 1. The Kier molecular flexibility index (Phi) is 2.99. The second-order valence-corrected chi connectivity index (χ2v) is 3.49. The van der Waals surface area contributed by atoms with Gasteiger partial charge in [0.2, 0.25) is 0 Å². The van der Waals surface area contributed by atoms with E-state index in [1.165, 1.54) is 12.1 Å². The smallest absolute Gasteiger partial charge is 0.358 e. The molecule has 2 aromatic rings. The molecule has 0 aliphatic heterocycles. The average Bonchev–Trinajstić information content (AvgIpc) is 2.30. The van der Waals surface area contributed by atoms with E-state index in [9.17, 15) is 9.18 Å². The maximum absolute atomic E-state index is 13.4. The molecule has 4 nitrogen and oxygen atoms in total. The third-order valence-corrected chi connectivity index (χ3v) is 2.29. The molecule has 0 spiro atoms. The summed E-state index contributed by atoms with van der Waals surface area (Å²) in [7, 11) is 0. The molecule has 0 saturated carbocycles. The fourth-order valence-corrected chi connectivity index (χ4v) is 1.52. The average molecular weight is 234 g/mol. The van der Waals surface area contributed by atoms with Crippen LogP contribution in [-0.2, 0) is 4.74 Å². The molecule has 88 valence electrons. The highest BCUT2D eigenvalue weighted by Gasteiger charge is 2.15. The highest BCUT2D eigenvalue weighted by molar-refractivity contribution is 5.91. The molecule has 1 aromatic carbocycles. The lowest BCUT2D eigenvalue weighted by Gasteiger charge is -2.06. The van der Waals surface area contributed by atoms with E-state index in [0.29, 0.717) is 11.2 Å². The van der Waals surface area contributed by atoms with Gasteiger partial charge in [0.1, 0.15) is 5.52 Å². The standard InChI is InChI=1S/C12H11FN2O2/c1-3-17-12(16)10-7(2)14-11-8(13)5-4-6-9(11)15-10/h4-6H,3H2,1-2H3. The van der Waals surface area contributed by atoms with Gasteiger partial charge in [-0.1, -0.05) is 6.07 Å². The van der Waals surface area contributed by atoms with Crippen molar-refractivity contribution in [3.8, 4) is 0 Å². The van der Waals surface area contributed by atoms with Crippen LogP contribution >= 0.6 is 0 Å². The molecule has 0 amide bonds. The number of carbonyl (C=O) groups is 1. The molecule has 0 bridgehead atoms. The SMILES string of the molecule is CCOC(=O)c1nc2cccc(F)c2nc1C. The number of nitrogens with zero attached hydrogens (tertiary/aromatic N) is 2. The van der Waals surface area contributed by atoms with Gasteiger partial charge in [-0.3, -0.25) is 0 Å². The molecule has 1 heterocycles. The molecule has 0 aliphatic rings. The topological polar surface area (TPSA) is 52.1 Å². The molecule has 0 aliphatic carbocycles. The van der Waals surface area contributed by atoms with E-state index < -0.39 is 11.8 Å². The lowest BCUT2D eigenvalue weighted by Crippen LogP contribution is -2.11. The summed E-state index contributed by atoms with van der Waals surface area (Å²) in [6, 6.07) is 4.44. The van der Waals surface area contributed by atoms with Crippen LogP contribution < -0.4 is 0 Å². The predicted octanol–water partition coefficient (Wildman–Crippen LogP) is 2.25. The number of ether oxygens (including phenoxy) is 1. The van der Waals surface area contributed by atoms with E-state index in [2.05, 4.69) is 9.97 Å². The Morgan fingerprint density at radius 1 is 1.41 bits per heavy atom. The predicted molar refractivity (Wildman–Crippen MR) is 60.2 cm³/mol. The van der Waals surface area contributed by atoms with Crippen molar-refractivity contribution in [3.63, 3.8) is 0 Å². The summed E-state index contributed by atoms with van der Waals surface area (Å²) in [6.45, 7) is 3.58. The monoisotopic (exact) mass is 234 g/mol. The Balaban J connectivity index is 2.60. The van der Waals surface area contributed by atoms with Crippen LogP contribution in [0.1, 0.15) is 23.1 Å². The molecule has 0 N–H and O–H groups in total. The maximum Gasteiger partial charge on any atom is 0.358 e. The molecule has 1 aromatic heterocycles. The number of fused-ring (bicyclic) bond motifs is 1. The van der Waals surface area contributed by atoms with Crippen molar-refractivity contribution in [2.24, 2.45) is 0 Å². The third-order valence-electron chi connectivity index (χ3n) is 2.29. The zero-order chi connectivity index (χ0) is 12.4. The number of carbonyl (C=O) groups excluding carboxylic acids is 1. The Morgan fingerprint density at radius 3 is 2.88 bits per heavy atom. The van der Waals surface area contributed by atoms with Crippen molar-refractivity contribution in [1.82, 2.24) is 9.97 Å². The first-order chi connectivity index (χ1) is 8.13. The van der Waals surface area contributed by atoms with Gasteiger partial charge < -0.3 is 4.74 Å². The zero-order valence-electron chi connectivity index (χ0n) is 9.53. The van der Waals surface area contributed by atoms with Crippen molar-refractivity contribution >= 4 is 17.0 Å². The second-order valence-electron chi connectivity index (χ2n) is 3.49. The molecule has 0 fully saturated rings. The lowest BCUT2D eigenvalue weighted by molar-refractivity contribution is 0.0518. The summed E-state index contributed by atoms with van der Waals surface area (Å²) in [5.74, 6) is -0.989. The largest absolute Gasteiger partial charge is 0.461 e. The van der Waals surface area contributed by atoms with Crippen LogP contribution in [0.5, 0.6) is 0 Å². The molecule has 5 heteroatoms. The van der Waals surface area contributed by atoms with E-state index >= 15 is 0 Å². The van der Waals surface area contributed by atoms with Gasteiger partial charge in [0.15, 0.2) is 11.5 Å². The number of hydrogen-bond acceptors (Lipinski definition) is 4. The van der Waals surface area contributed by atoms with Crippen LogP contribution in [0.4, 0.5) is 4.39 Å². The number of para-hydroxylation sites is 1. The first kappa shape index (κ1) is 11.4. The number of hydrogen-bond donors (Lipinski definition) is 0. The summed E-state index contributed by atoms with van der Waals surface area (Å²) in [6.07, 6.45) is 0. The highest BCUT2D eigenvalue weighted by Crippen LogP contribution is 2.16. The van der Waals surface area contributed by atoms with Crippen LogP contribution in [0.3, 0.4) is 0 Å². The summed E-state index contributed by atoms with van der Waals surface area (Å²) >= 11 is 0. The lowest BCUT2D eigenvalue weighted by atomic mass is 10.2. The summed E-state index contributed by atoms with van der Waals surface area (Å²) < 4.78 is 18.3. The third kappa shape index (κ3) is 2.08. The van der Waals surface area contributed by atoms with Gasteiger partial charge in [-0.25, -0.2) is 19.2 Å². The van der Waals surface area contributed by atoms with Crippen LogP contribution in [0.15, 0.2) is 18.2 Å². The van der Waals surface area contributed by atoms with Gasteiger partial charge in [-0.15, -0.1) is 0 Å². The van der Waals surface area contributed by atoms with E-state index in [-0.39, 0.29) is 17.8 Å². The molecule has 0 atom stereocenters. The summed E-state index contributed by atoms with van der Waals surface area (Å²) in [5, 5.41) is 0. The molecule has 0 unspecified atom stereocenters. The van der Waals surface area contributed by atoms with Gasteiger partial charge in [0.25, 0.3) is 0 Å². The van der Waals surface area contributed by atoms with Gasteiger partial charge >= 0.3 is 5.97 Å². The molecule has 0 radical (unpaired) electrons. The number of rotatable bonds is 2. The molecular weight excluding hydrogens is 223 g/mol. The van der Waals surface area contributed by atoms with E-state index in [4.69, 9.17) is 4.74 Å². The van der Waals surface area contributed by atoms with Gasteiger partial charge in [-0.05, 0) is 26.0 Å². The van der Waals surface area contributed by atoms with Crippen molar-refractivity contribution < 1.29 is 13.9 Å². The van der Waals surface area contributed by atoms with Crippen LogP contribution in [0.2, 0.25) is 0 Å². The normalized spacial score (nSPS) is 10.5. The van der Waals surface area contributed by atoms with Crippen molar-refractivity contribution in [1.29, 1.82) is 0 Å².